The molecule has 1 rings (SSSR count). The van der Waals surface area contributed by atoms with E-state index in [0.29, 0.717) is 0 Å². The van der Waals surface area contributed by atoms with Crippen LogP contribution in [0.3, 0.4) is 0 Å². The lowest BCUT2D eigenvalue weighted by Gasteiger charge is -2.10. The molecule has 0 saturated heterocycles. The first-order chi connectivity index (χ1) is 6.42. The molecule has 0 heterocycles. The molecule has 76 valence electrons. The first-order valence-corrected chi connectivity index (χ1v) is 4.15. The zero-order valence-electron chi connectivity index (χ0n) is 7.01. The number of alkyl halides is 2. The second kappa shape index (κ2) is 3.92. The van der Waals surface area contributed by atoms with E-state index in [-0.39, 0.29) is 11.3 Å². The smallest absolute Gasteiger partial charge is 0.324 e. The van der Waals surface area contributed by atoms with Crippen molar-refractivity contribution in [2.75, 3.05) is 0 Å². The van der Waals surface area contributed by atoms with Crippen LogP contribution in [0, 0.1) is 0 Å². The van der Waals surface area contributed by atoms with Crippen LogP contribution in [-0.2, 0) is 11.2 Å². The largest absolute Gasteiger partial charge is 0.508 e. The Morgan fingerprint density at radius 2 is 2.14 bits per heavy atom. The van der Waals surface area contributed by atoms with Gasteiger partial charge in [-0.2, -0.15) is 8.78 Å². The molecule has 0 spiro atoms. The first-order valence-electron chi connectivity index (χ1n) is 3.77. The van der Waals surface area contributed by atoms with Gasteiger partial charge in [0, 0.05) is 6.42 Å². The van der Waals surface area contributed by atoms with E-state index in [0.717, 1.165) is 6.07 Å². The van der Waals surface area contributed by atoms with Crippen LogP contribution in [-0.4, -0.2) is 16.3 Å². The van der Waals surface area contributed by atoms with Crippen LogP contribution >= 0.6 is 11.6 Å². The van der Waals surface area contributed by atoms with Crippen molar-refractivity contribution >= 4 is 16.8 Å². The number of hydrogen-bond donors (Lipinski definition) is 1. The van der Waals surface area contributed by atoms with E-state index >= 15 is 0 Å². The normalized spacial score (nSPS) is 11.4. The molecule has 1 aromatic rings. The average Bonchev–Trinajstić information content (AvgIpc) is 2.02. The van der Waals surface area contributed by atoms with Gasteiger partial charge in [-0.05, 0) is 29.3 Å². The molecular formula is C9H7ClF2O2. The molecule has 0 saturated carbocycles. The molecule has 1 aromatic carbocycles. The number of halogens is 3. The third-order valence-corrected chi connectivity index (χ3v) is 1.90. The van der Waals surface area contributed by atoms with E-state index in [4.69, 9.17) is 16.7 Å². The van der Waals surface area contributed by atoms with Crippen LogP contribution in [0.15, 0.2) is 24.3 Å². The van der Waals surface area contributed by atoms with Crippen molar-refractivity contribution in [3.05, 3.63) is 29.8 Å². The Bertz CT molecular complexity index is 352. The highest BCUT2D eigenvalue weighted by Crippen LogP contribution is 2.24. The molecule has 0 aliphatic heterocycles. The van der Waals surface area contributed by atoms with Gasteiger partial charge in [0.1, 0.15) is 5.75 Å². The Morgan fingerprint density at radius 3 is 2.64 bits per heavy atom. The number of benzene rings is 1. The van der Waals surface area contributed by atoms with Crippen molar-refractivity contribution in [2.45, 2.75) is 12.3 Å². The van der Waals surface area contributed by atoms with Crippen molar-refractivity contribution < 1.29 is 18.7 Å². The Labute approximate surface area is 84.1 Å². The predicted octanol–water partition coefficient (Wildman–Crippen LogP) is 2.34. The van der Waals surface area contributed by atoms with E-state index in [1.807, 2.05) is 0 Å². The second-order valence-electron chi connectivity index (χ2n) is 2.82. The summed E-state index contributed by atoms with van der Waals surface area (Å²) in [5, 5.41) is 7.29. The Kier molecular flexibility index (Phi) is 3.06. The zero-order valence-corrected chi connectivity index (χ0v) is 7.76. The fourth-order valence-corrected chi connectivity index (χ4v) is 1.06. The van der Waals surface area contributed by atoms with E-state index in [2.05, 4.69) is 0 Å². The summed E-state index contributed by atoms with van der Waals surface area (Å²) in [4.78, 5) is 10.3. The van der Waals surface area contributed by atoms with Crippen LogP contribution < -0.4 is 0 Å². The summed E-state index contributed by atoms with van der Waals surface area (Å²) in [5.74, 6) is -3.71. The lowest BCUT2D eigenvalue weighted by Crippen LogP contribution is -2.26. The zero-order chi connectivity index (χ0) is 10.8. The third-order valence-electron chi connectivity index (χ3n) is 1.62. The van der Waals surface area contributed by atoms with Gasteiger partial charge in [-0.1, -0.05) is 12.1 Å². The number of carbonyl (C=O) groups is 1. The number of carbonyl (C=O) groups excluding carboxylic acids is 1. The Balaban J connectivity index is 2.83. The minimum Gasteiger partial charge on any atom is -0.508 e. The monoisotopic (exact) mass is 220 g/mol. The van der Waals surface area contributed by atoms with E-state index in [1.54, 1.807) is 0 Å². The van der Waals surface area contributed by atoms with Crippen molar-refractivity contribution in [1.29, 1.82) is 0 Å². The summed E-state index contributed by atoms with van der Waals surface area (Å²) in [5.41, 5.74) is 0.156. The van der Waals surface area contributed by atoms with Crippen molar-refractivity contribution in [1.82, 2.24) is 0 Å². The average molecular weight is 221 g/mol. The van der Waals surface area contributed by atoms with Crippen LogP contribution in [0.4, 0.5) is 8.78 Å². The Morgan fingerprint density at radius 1 is 1.50 bits per heavy atom. The topological polar surface area (TPSA) is 37.3 Å². The maximum Gasteiger partial charge on any atom is 0.324 e. The number of aromatic hydroxyl groups is 1. The first kappa shape index (κ1) is 10.9. The molecule has 0 radical (unpaired) electrons. The van der Waals surface area contributed by atoms with Crippen LogP contribution in [0.25, 0.3) is 0 Å². The lowest BCUT2D eigenvalue weighted by atomic mass is 10.1. The second-order valence-corrected chi connectivity index (χ2v) is 3.17. The summed E-state index contributed by atoms with van der Waals surface area (Å²) in [6, 6.07) is 5.31. The molecule has 1 N–H and O–H groups in total. The summed E-state index contributed by atoms with van der Waals surface area (Å²) in [6.07, 6.45) is -0.802. The third kappa shape index (κ3) is 2.67. The standard InChI is InChI=1S/C9H7ClF2O2/c10-8(14)9(11,12)5-6-2-1-3-7(13)4-6/h1-4,13H,5H2. The quantitative estimate of drug-likeness (QED) is 0.794. The van der Waals surface area contributed by atoms with Gasteiger partial charge in [0.05, 0.1) is 0 Å². The van der Waals surface area contributed by atoms with Crippen molar-refractivity contribution in [3.8, 4) is 5.75 Å². The van der Waals surface area contributed by atoms with Gasteiger partial charge in [-0.3, -0.25) is 4.79 Å². The molecule has 2 nitrogen and oxygen atoms in total. The molecule has 0 aliphatic rings. The molecule has 0 aliphatic carbocycles. The highest BCUT2D eigenvalue weighted by Gasteiger charge is 2.37. The predicted molar refractivity (Wildman–Crippen MR) is 47.6 cm³/mol. The van der Waals surface area contributed by atoms with Gasteiger partial charge in [0.15, 0.2) is 0 Å². The highest BCUT2D eigenvalue weighted by atomic mass is 35.5. The molecule has 0 amide bonds. The van der Waals surface area contributed by atoms with E-state index in [9.17, 15) is 13.6 Å². The molecular weight excluding hydrogens is 214 g/mol. The summed E-state index contributed by atoms with van der Waals surface area (Å²) in [6.45, 7) is 0. The van der Waals surface area contributed by atoms with Gasteiger partial charge in [-0.25, -0.2) is 0 Å². The highest BCUT2D eigenvalue weighted by molar-refractivity contribution is 6.65. The van der Waals surface area contributed by atoms with Gasteiger partial charge >= 0.3 is 5.92 Å². The fraction of sp³-hybridized carbons (Fsp3) is 0.222. The maximum absolute atomic E-state index is 12.8. The fourth-order valence-electron chi connectivity index (χ4n) is 0.992. The SMILES string of the molecule is O=C(Cl)C(F)(F)Cc1cccc(O)c1. The van der Waals surface area contributed by atoms with E-state index < -0.39 is 17.6 Å². The molecule has 0 fully saturated rings. The van der Waals surface area contributed by atoms with Gasteiger partial charge in [-0.15, -0.1) is 0 Å². The molecule has 14 heavy (non-hydrogen) atoms. The number of phenols is 1. The van der Waals surface area contributed by atoms with Gasteiger partial charge in [0.2, 0.25) is 0 Å². The lowest BCUT2D eigenvalue weighted by molar-refractivity contribution is -0.133. The minimum absolute atomic E-state index is 0.125. The van der Waals surface area contributed by atoms with Crippen molar-refractivity contribution in [2.24, 2.45) is 0 Å². The number of rotatable bonds is 3. The van der Waals surface area contributed by atoms with Gasteiger partial charge in [0.25, 0.3) is 5.24 Å². The van der Waals surface area contributed by atoms with Crippen molar-refractivity contribution in [3.63, 3.8) is 0 Å². The maximum atomic E-state index is 12.8. The summed E-state index contributed by atoms with van der Waals surface area (Å²) in [7, 11) is 0. The van der Waals surface area contributed by atoms with Crippen LogP contribution in [0.2, 0.25) is 0 Å². The molecule has 5 heteroatoms. The van der Waals surface area contributed by atoms with Gasteiger partial charge < -0.3 is 5.11 Å². The number of phenolic OH excluding ortho intramolecular Hbond substituents is 1. The van der Waals surface area contributed by atoms with Crippen LogP contribution in [0.1, 0.15) is 5.56 Å². The summed E-state index contributed by atoms with van der Waals surface area (Å²) < 4.78 is 25.6. The molecule has 0 aromatic heterocycles. The molecule has 0 unspecified atom stereocenters. The number of hydrogen-bond acceptors (Lipinski definition) is 2. The molecule has 0 atom stereocenters. The molecule has 0 bridgehead atoms. The minimum atomic E-state index is -3.59. The van der Waals surface area contributed by atoms with Crippen LogP contribution in [0.5, 0.6) is 5.75 Å². The summed E-state index contributed by atoms with van der Waals surface area (Å²) >= 11 is 4.71. The Hall–Kier alpha value is -1.16. The van der Waals surface area contributed by atoms with E-state index in [1.165, 1.54) is 18.2 Å².